The summed E-state index contributed by atoms with van der Waals surface area (Å²) >= 11 is 2.14. The Labute approximate surface area is 124 Å². The highest BCUT2D eigenvalue weighted by molar-refractivity contribution is 8.00. The average molecular weight is 285 g/mol. The number of nitrogens with one attached hydrogen (secondary N) is 1. The third kappa shape index (κ3) is 4.64. The maximum absolute atomic E-state index is 3.73. The van der Waals surface area contributed by atoms with E-state index in [1.807, 2.05) is 0 Å². The summed E-state index contributed by atoms with van der Waals surface area (Å²) in [6.07, 6.45) is 4.21. The highest BCUT2D eigenvalue weighted by Gasteiger charge is 2.33. The van der Waals surface area contributed by atoms with Crippen molar-refractivity contribution in [2.24, 2.45) is 11.8 Å². The van der Waals surface area contributed by atoms with Gasteiger partial charge in [0.1, 0.15) is 0 Å². The largest absolute Gasteiger partial charge is 0.314 e. The van der Waals surface area contributed by atoms with Gasteiger partial charge in [0, 0.05) is 36.2 Å². The molecule has 0 amide bonds. The fourth-order valence-electron chi connectivity index (χ4n) is 3.83. The van der Waals surface area contributed by atoms with E-state index in [1.165, 1.54) is 44.6 Å². The molecule has 19 heavy (non-hydrogen) atoms. The smallest absolute Gasteiger partial charge is 0.0231 e. The fraction of sp³-hybridized carbons (Fsp3) is 1.00. The first-order chi connectivity index (χ1) is 9.00. The lowest BCUT2D eigenvalue weighted by atomic mass is 9.78. The van der Waals surface area contributed by atoms with Crippen molar-refractivity contribution in [3.63, 3.8) is 0 Å². The van der Waals surface area contributed by atoms with Crippen LogP contribution in [0, 0.1) is 11.8 Å². The number of hydrogen-bond acceptors (Lipinski definition) is 3. The predicted octanol–water partition coefficient (Wildman–Crippen LogP) is 3.23. The highest BCUT2D eigenvalue weighted by atomic mass is 32.2. The molecule has 0 aromatic carbocycles. The third-order valence-corrected chi connectivity index (χ3v) is 6.01. The number of hydrogen-bond donors (Lipinski definition) is 1. The molecule has 1 heterocycles. The van der Waals surface area contributed by atoms with Crippen molar-refractivity contribution in [3.8, 4) is 0 Å². The van der Waals surface area contributed by atoms with Crippen LogP contribution < -0.4 is 5.32 Å². The van der Waals surface area contributed by atoms with E-state index in [9.17, 15) is 0 Å². The van der Waals surface area contributed by atoms with E-state index in [-0.39, 0.29) is 0 Å². The lowest BCUT2D eigenvalue weighted by Crippen LogP contribution is -2.50. The minimum atomic E-state index is 0.451. The van der Waals surface area contributed by atoms with Crippen LogP contribution in [-0.4, -0.2) is 47.6 Å². The zero-order chi connectivity index (χ0) is 13.9. The molecule has 2 rings (SSSR count). The van der Waals surface area contributed by atoms with E-state index in [0.717, 1.165) is 24.4 Å². The first-order valence-corrected chi connectivity index (χ1v) is 9.08. The zero-order valence-electron chi connectivity index (χ0n) is 13.2. The molecule has 1 aliphatic heterocycles. The summed E-state index contributed by atoms with van der Waals surface area (Å²) in [4.78, 5) is 2.73. The molecule has 112 valence electrons. The molecule has 0 bridgehead atoms. The van der Waals surface area contributed by atoms with Crippen molar-refractivity contribution in [3.05, 3.63) is 0 Å². The van der Waals surface area contributed by atoms with Gasteiger partial charge in [0.2, 0.25) is 0 Å². The maximum atomic E-state index is 3.73. The Morgan fingerprint density at radius 3 is 2.79 bits per heavy atom. The second-order valence-corrected chi connectivity index (χ2v) is 8.99. The van der Waals surface area contributed by atoms with Gasteiger partial charge < -0.3 is 10.2 Å². The molecule has 3 heteroatoms. The molecular formula is C16H32N2S. The van der Waals surface area contributed by atoms with Crippen molar-refractivity contribution in [2.45, 2.75) is 57.7 Å². The molecule has 1 saturated carbocycles. The summed E-state index contributed by atoms with van der Waals surface area (Å²) in [5, 5.41) is 3.73. The molecule has 3 atom stereocenters. The molecule has 1 aliphatic carbocycles. The van der Waals surface area contributed by atoms with Crippen molar-refractivity contribution < 1.29 is 0 Å². The van der Waals surface area contributed by atoms with Gasteiger partial charge in [-0.3, -0.25) is 0 Å². The normalized spacial score (nSPS) is 36.3. The minimum Gasteiger partial charge on any atom is -0.314 e. The van der Waals surface area contributed by atoms with Crippen LogP contribution in [0.15, 0.2) is 0 Å². The molecule has 2 aliphatic rings. The van der Waals surface area contributed by atoms with Crippen molar-refractivity contribution in [1.82, 2.24) is 10.2 Å². The molecule has 0 aromatic heterocycles. The Kier molecular flexibility index (Phi) is 5.62. The predicted molar refractivity (Wildman–Crippen MR) is 86.9 cm³/mol. The molecule has 1 N–H and O–H groups in total. The van der Waals surface area contributed by atoms with E-state index in [4.69, 9.17) is 0 Å². The highest BCUT2D eigenvalue weighted by Crippen LogP contribution is 2.33. The third-order valence-electron chi connectivity index (χ3n) is 4.71. The topological polar surface area (TPSA) is 15.3 Å². The Hall–Kier alpha value is 0.270. The van der Waals surface area contributed by atoms with E-state index in [1.54, 1.807) is 0 Å². The monoisotopic (exact) mass is 284 g/mol. The van der Waals surface area contributed by atoms with Crippen LogP contribution in [-0.2, 0) is 0 Å². The summed E-state index contributed by atoms with van der Waals surface area (Å²) in [7, 11) is 0. The molecule has 3 unspecified atom stereocenters. The van der Waals surface area contributed by atoms with Gasteiger partial charge in [0.05, 0.1) is 0 Å². The summed E-state index contributed by atoms with van der Waals surface area (Å²) in [5.41, 5.74) is 0. The van der Waals surface area contributed by atoms with Crippen LogP contribution in [0.2, 0.25) is 0 Å². The van der Waals surface area contributed by atoms with Crippen LogP contribution in [0.4, 0.5) is 0 Å². The second kappa shape index (κ2) is 6.82. The van der Waals surface area contributed by atoms with Crippen LogP contribution in [0.25, 0.3) is 0 Å². The van der Waals surface area contributed by atoms with Crippen molar-refractivity contribution in [2.75, 3.05) is 31.9 Å². The maximum Gasteiger partial charge on any atom is 0.0231 e. The first-order valence-electron chi connectivity index (χ1n) is 8.10. The summed E-state index contributed by atoms with van der Waals surface area (Å²) < 4.78 is 0.451. The molecule has 2 fully saturated rings. The van der Waals surface area contributed by atoms with Crippen LogP contribution in [0.5, 0.6) is 0 Å². The molecule has 0 radical (unpaired) electrons. The molecule has 0 aromatic rings. The van der Waals surface area contributed by atoms with E-state index in [2.05, 4.69) is 49.7 Å². The van der Waals surface area contributed by atoms with Gasteiger partial charge >= 0.3 is 0 Å². The first kappa shape index (κ1) is 15.7. The van der Waals surface area contributed by atoms with Gasteiger partial charge in [-0.15, -0.1) is 0 Å². The van der Waals surface area contributed by atoms with Gasteiger partial charge in [0.25, 0.3) is 0 Å². The fourth-order valence-corrected chi connectivity index (χ4v) is 5.01. The van der Waals surface area contributed by atoms with Crippen LogP contribution in [0.1, 0.15) is 47.0 Å². The molecule has 2 nitrogen and oxygen atoms in total. The van der Waals surface area contributed by atoms with Crippen LogP contribution in [0.3, 0.4) is 0 Å². The van der Waals surface area contributed by atoms with E-state index in [0.29, 0.717) is 4.75 Å². The van der Waals surface area contributed by atoms with E-state index < -0.39 is 0 Å². The van der Waals surface area contributed by atoms with Crippen LogP contribution >= 0.6 is 11.8 Å². The molecule has 1 saturated heterocycles. The van der Waals surface area contributed by atoms with Gasteiger partial charge in [-0.25, -0.2) is 0 Å². The summed E-state index contributed by atoms with van der Waals surface area (Å²) in [5.74, 6) is 3.09. The zero-order valence-corrected chi connectivity index (χ0v) is 14.1. The minimum absolute atomic E-state index is 0.451. The summed E-state index contributed by atoms with van der Waals surface area (Å²) in [6, 6.07) is 0.763. The average Bonchev–Trinajstić information content (AvgIpc) is 2.31. The second-order valence-electron chi connectivity index (χ2n) is 7.19. The summed E-state index contributed by atoms with van der Waals surface area (Å²) in [6.45, 7) is 14.5. The molecule has 0 spiro atoms. The van der Waals surface area contributed by atoms with Gasteiger partial charge in [0.15, 0.2) is 0 Å². The SMILES string of the molecule is CCNC1CCC(C)CC1CN1CCSC(C)(C)C1. The molecular weight excluding hydrogens is 252 g/mol. The van der Waals surface area contributed by atoms with Crippen molar-refractivity contribution in [1.29, 1.82) is 0 Å². The number of nitrogens with zero attached hydrogens (tertiary/aromatic N) is 1. The Balaban J connectivity index is 1.90. The van der Waals surface area contributed by atoms with Gasteiger partial charge in [-0.2, -0.15) is 11.8 Å². The lowest BCUT2D eigenvalue weighted by molar-refractivity contribution is 0.141. The Morgan fingerprint density at radius 2 is 2.11 bits per heavy atom. The van der Waals surface area contributed by atoms with Gasteiger partial charge in [-0.1, -0.05) is 13.8 Å². The number of rotatable bonds is 4. The van der Waals surface area contributed by atoms with Crippen molar-refractivity contribution >= 4 is 11.8 Å². The lowest BCUT2D eigenvalue weighted by Gasteiger charge is -2.43. The van der Waals surface area contributed by atoms with E-state index >= 15 is 0 Å². The Morgan fingerprint density at radius 1 is 1.32 bits per heavy atom. The quantitative estimate of drug-likeness (QED) is 0.853. The standard InChI is InChI=1S/C16H32N2S/c1-5-17-15-7-6-13(2)10-14(15)11-18-8-9-19-16(3,4)12-18/h13-15,17H,5-12H2,1-4H3. The Bertz CT molecular complexity index is 280. The van der Waals surface area contributed by atoms with Gasteiger partial charge in [-0.05, 0) is 51.5 Å². The number of thioether (sulfide) groups is 1.